The van der Waals surface area contributed by atoms with Crippen LogP contribution in [0.3, 0.4) is 0 Å². The number of nitrogens with two attached hydrogens (primary N) is 1. The van der Waals surface area contributed by atoms with Crippen LogP contribution in [0.4, 0.5) is 5.69 Å². The van der Waals surface area contributed by atoms with E-state index in [1.165, 1.54) is 6.07 Å². The third-order valence-electron chi connectivity index (χ3n) is 2.79. The fourth-order valence-corrected chi connectivity index (χ4v) is 1.66. The van der Waals surface area contributed by atoms with Crippen molar-refractivity contribution < 1.29 is 19.4 Å². The van der Waals surface area contributed by atoms with Crippen molar-refractivity contribution in [3.05, 3.63) is 23.8 Å². The maximum absolute atomic E-state index is 11.7. The van der Waals surface area contributed by atoms with E-state index in [0.29, 0.717) is 17.0 Å². The number of aliphatic carboxylic acids is 1. The molecule has 1 amide bonds. The van der Waals surface area contributed by atoms with Crippen LogP contribution >= 0.6 is 0 Å². The Bertz CT molecular complexity index is 525. The molecule has 1 atom stereocenters. The zero-order chi connectivity index (χ0) is 13.5. The molecule has 1 aliphatic rings. The SMILES string of the molecule is CC1(C)Oc2ccc(C(N)C(=O)O)cc2NC1=O. The topological polar surface area (TPSA) is 102 Å². The Hall–Kier alpha value is -2.08. The standard InChI is InChI=1S/C12H14N2O4/c1-12(2)11(17)14-7-5-6(9(13)10(15)16)3-4-8(7)18-12/h3-5,9H,13H2,1-2H3,(H,14,17)(H,15,16). The van der Waals surface area contributed by atoms with Gasteiger partial charge < -0.3 is 20.9 Å². The molecule has 2 rings (SSSR count). The lowest BCUT2D eigenvalue weighted by Crippen LogP contribution is -2.45. The Balaban J connectivity index is 2.38. The smallest absolute Gasteiger partial charge is 0.325 e. The van der Waals surface area contributed by atoms with E-state index in [2.05, 4.69) is 5.32 Å². The van der Waals surface area contributed by atoms with Gasteiger partial charge >= 0.3 is 5.97 Å². The lowest BCUT2D eigenvalue weighted by Gasteiger charge is -2.31. The van der Waals surface area contributed by atoms with Crippen molar-refractivity contribution in [2.24, 2.45) is 5.73 Å². The summed E-state index contributed by atoms with van der Waals surface area (Å²) >= 11 is 0. The minimum atomic E-state index is -1.13. The molecule has 1 aromatic rings. The van der Waals surface area contributed by atoms with Gasteiger partial charge in [-0.2, -0.15) is 0 Å². The summed E-state index contributed by atoms with van der Waals surface area (Å²) in [6.45, 7) is 3.31. The molecule has 4 N–H and O–H groups in total. The summed E-state index contributed by atoms with van der Waals surface area (Å²) < 4.78 is 5.53. The molecule has 1 unspecified atom stereocenters. The quantitative estimate of drug-likeness (QED) is 0.723. The van der Waals surface area contributed by atoms with E-state index in [1.807, 2.05) is 0 Å². The zero-order valence-corrected chi connectivity index (χ0v) is 10.1. The average Bonchev–Trinajstić information content (AvgIpc) is 2.28. The van der Waals surface area contributed by atoms with Crippen LogP contribution in [0.25, 0.3) is 0 Å². The number of fused-ring (bicyclic) bond motifs is 1. The summed E-state index contributed by atoms with van der Waals surface area (Å²) in [6, 6.07) is 3.57. The van der Waals surface area contributed by atoms with E-state index in [1.54, 1.807) is 26.0 Å². The number of carboxylic acids is 1. The summed E-state index contributed by atoms with van der Waals surface area (Å²) in [4.78, 5) is 22.5. The molecule has 0 aliphatic carbocycles. The molecule has 0 aromatic heterocycles. The molecule has 0 bridgehead atoms. The van der Waals surface area contributed by atoms with Crippen LogP contribution in [-0.4, -0.2) is 22.6 Å². The van der Waals surface area contributed by atoms with Crippen LogP contribution < -0.4 is 15.8 Å². The number of rotatable bonds is 2. The van der Waals surface area contributed by atoms with Crippen molar-refractivity contribution in [1.82, 2.24) is 0 Å². The van der Waals surface area contributed by atoms with E-state index >= 15 is 0 Å². The van der Waals surface area contributed by atoms with Gasteiger partial charge in [0.1, 0.15) is 11.8 Å². The first kappa shape index (κ1) is 12.4. The number of hydrogen-bond donors (Lipinski definition) is 3. The number of carbonyl (C=O) groups is 2. The molecule has 1 heterocycles. The van der Waals surface area contributed by atoms with Gasteiger partial charge in [-0.25, -0.2) is 0 Å². The average molecular weight is 250 g/mol. The van der Waals surface area contributed by atoms with E-state index < -0.39 is 17.6 Å². The number of benzene rings is 1. The number of nitrogens with one attached hydrogen (secondary N) is 1. The van der Waals surface area contributed by atoms with Gasteiger partial charge in [0.2, 0.25) is 0 Å². The van der Waals surface area contributed by atoms with Gasteiger partial charge in [0.15, 0.2) is 5.60 Å². The number of amides is 1. The highest BCUT2D eigenvalue weighted by Gasteiger charge is 2.35. The van der Waals surface area contributed by atoms with Crippen molar-refractivity contribution in [2.45, 2.75) is 25.5 Å². The summed E-state index contributed by atoms with van der Waals surface area (Å²) in [6.07, 6.45) is 0. The fourth-order valence-electron chi connectivity index (χ4n) is 1.66. The molecule has 0 fully saturated rings. The Morgan fingerprint density at radius 2 is 2.17 bits per heavy atom. The predicted octanol–water partition coefficient (Wildman–Crippen LogP) is 0.880. The lowest BCUT2D eigenvalue weighted by atomic mass is 10.0. The van der Waals surface area contributed by atoms with Crippen LogP contribution in [0.1, 0.15) is 25.5 Å². The summed E-state index contributed by atoms with van der Waals surface area (Å²) in [5.41, 5.74) is 5.41. The maximum atomic E-state index is 11.7. The van der Waals surface area contributed by atoms with Crippen molar-refractivity contribution in [3.63, 3.8) is 0 Å². The van der Waals surface area contributed by atoms with E-state index in [-0.39, 0.29) is 5.91 Å². The molecule has 0 saturated carbocycles. The summed E-state index contributed by atoms with van der Waals surface area (Å²) in [7, 11) is 0. The van der Waals surface area contributed by atoms with E-state index in [9.17, 15) is 9.59 Å². The van der Waals surface area contributed by atoms with Crippen molar-refractivity contribution in [2.75, 3.05) is 5.32 Å². The fraction of sp³-hybridized carbons (Fsp3) is 0.333. The van der Waals surface area contributed by atoms with E-state index in [0.717, 1.165) is 0 Å². The molecule has 1 aromatic carbocycles. The van der Waals surface area contributed by atoms with Gasteiger partial charge in [-0.15, -0.1) is 0 Å². The molecule has 6 heteroatoms. The minimum absolute atomic E-state index is 0.281. The van der Waals surface area contributed by atoms with Gasteiger partial charge in [-0.3, -0.25) is 9.59 Å². The number of ether oxygens (including phenoxy) is 1. The van der Waals surface area contributed by atoms with Crippen LogP contribution in [0.2, 0.25) is 0 Å². The number of anilines is 1. The third kappa shape index (κ3) is 2.02. The van der Waals surface area contributed by atoms with Crippen LogP contribution in [0.15, 0.2) is 18.2 Å². The number of hydrogen-bond acceptors (Lipinski definition) is 4. The monoisotopic (exact) mass is 250 g/mol. The van der Waals surface area contributed by atoms with Gasteiger partial charge in [-0.1, -0.05) is 6.07 Å². The zero-order valence-electron chi connectivity index (χ0n) is 10.1. The Labute approximate surface area is 104 Å². The highest BCUT2D eigenvalue weighted by molar-refractivity contribution is 6.00. The van der Waals surface area contributed by atoms with Crippen molar-refractivity contribution >= 4 is 17.6 Å². The molecule has 0 saturated heterocycles. The minimum Gasteiger partial charge on any atom is -0.480 e. The molecule has 0 spiro atoms. The first-order valence-electron chi connectivity index (χ1n) is 5.44. The number of carboxylic acid groups (broad SMARTS) is 1. The normalized spacial score (nSPS) is 18.3. The Morgan fingerprint density at radius 1 is 1.50 bits per heavy atom. The van der Waals surface area contributed by atoms with Crippen molar-refractivity contribution in [1.29, 1.82) is 0 Å². The van der Waals surface area contributed by atoms with E-state index in [4.69, 9.17) is 15.6 Å². The van der Waals surface area contributed by atoms with Crippen LogP contribution in [0, 0.1) is 0 Å². The molecular formula is C12H14N2O4. The maximum Gasteiger partial charge on any atom is 0.325 e. The summed E-state index contributed by atoms with van der Waals surface area (Å²) in [5, 5.41) is 11.5. The predicted molar refractivity (Wildman–Crippen MR) is 64.3 cm³/mol. The number of carbonyl (C=O) groups excluding carboxylic acids is 1. The molecule has 96 valence electrons. The molecule has 1 aliphatic heterocycles. The van der Waals surface area contributed by atoms with Gasteiger partial charge in [0.05, 0.1) is 5.69 Å². The van der Waals surface area contributed by atoms with Gasteiger partial charge in [0.25, 0.3) is 5.91 Å². The highest BCUT2D eigenvalue weighted by atomic mass is 16.5. The van der Waals surface area contributed by atoms with Gasteiger partial charge in [-0.05, 0) is 31.5 Å². The second-order valence-corrected chi connectivity index (χ2v) is 4.64. The van der Waals surface area contributed by atoms with Crippen LogP contribution in [0.5, 0.6) is 5.75 Å². The second-order valence-electron chi connectivity index (χ2n) is 4.64. The van der Waals surface area contributed by atoms with Gasteiger partial charge in [0, 0.05) is 0 Å². The molecule has 6 nitrogen and oxygen atoms in total. The molecular weight excluding hydrogens is 236 g/mol. The first-order valence-corrected chi connectivity index (χ1v) is 5.44. The molecule has 18 heavy (non-hydrogen) atoms. The molecule has 0 radical (unpaired) electrons. The Morgan fingerprint density at radius 3 is 2.78 bits per heavy atom. The van der Waals surface area contributed by atoms with Crippen LogP contribution in [-0.2, 0) is 9.59 Å². The summed E-state index contributed by atoms with van der Waals surface area (Å²) in [5.74, 6) is -0.907. The second kappa shape index (κ2) is 3.99. The lowest BCUT2D eigenvalue weighted by molar-refractivity contribution is -0.138. The first-order chi connectivity index (χ1) is 8.31. The third-order valence-corrected chi connectivity index (χ3v) is 2.79. The highest BCUT2D eigenvalue weighted by Crippen LogP contribution is 2.35. The van der Waals surface area contributed by atoms with Crippen molar-refractivity contribution in [3.8, 4) is 5.75 Å². The Kier molecular flexibility index (Phi) is 2.74. The largest absolute Gasteiger partial charge is 0.480 e.